The van der Waals surface area contributed by atoms with Gasteiger partial charge in [0.05, 0.1) is 18.7 Å². The van der Waals surface area contributed by atoms with Crippen LogP contribution < -0.4 is 10.6 Å². The van der Waals surface area contributed by atoms with Crippen molar-refractivity contribution in [3.05, 3.63) is 16.0 Å². The average molecular weight is 368 g/mol. The molecule has 0 fully saturated rings. The Balaban J connectivity index is 2.08. The first-order chi connectivity index (χ1) is 11.9. The molecule has 25 heavy (non-hydrogen) atoms. The molecule has 1 aromatic heterocycles. The third-order valence-electron chi connectivity index (χ3n) is 4.27. The van der Waals surface area contributed by atoms with Crippen LogP contribution in [0.5, 0.6) is 0 Å². The zero-order valence-corrected chi connectivity index (χ0v) is 16.4. The molecule has 1 aliphatic rings. The van der Waals surface area contributed by atoms with E-state index in [1.807, 2.05) is 14.1 Å². The molecule has 1 aliphatic carbocycles. The smallest absolute Gasteiger partial charge is 0.341 e. The SMILES string of the molecule is CCOC(=O)c1c(NC(=O)CNCCN(C)C)sc2c1CCC(C)C2. The highest BCUT2D eigenvalue weighted by Gasteiger charge is 2.29. The van der Waals surface area contributed by atoms with Crippen LogP contribution in [-0.2, 0) is 22.4 Å². The molecule has 2 N–H and O–H groups in total. The van der Waals surface area contributed by atoms with Crippen LogP contribution in [0.3, 0.4) is 0 Å². The lowest BCUT2D eigenvalue weighted by Crippen LogP contribution is -2.33. The molecule has 0 saturated carbocycles. The Labute approximate surface area is 153 Å². The molecule has 1 unspecified atom stereocenters. The molecule has 1 aromatic rings. The summed E-state index contributed by atoms with van der Waals surface area (Å²) in [6.45, 7) is 6.19. The molecule has 1 amide bonds. The molecule has 0 radical (unpaired) electrons. The van der Waals surface area contributed by atoms with Crippen molar-refractivity contribution >= 4 is 28.2 Å². The highest BCUT2D eigenvalue weighted by Crippen LogP contribution is 2.40. The first kappa shape index (κ1) is 19.9. The van der Waals surface area contributed by atoms with E-state index in [2.05, 4.69) is 22.5 Å². The van der Waals surface area contributed by atoms with Gasteiger partial charge in [0, 0.05) is 18.0 Å². The minimum Gasteiger partial charge on any atom is -0.462 e. The number of esters is 1. The Bertz CT molecular complexity index is 613. The summed E-state index contributed by atoms with van der Waals surface area (Å²) in [6, 6.07) is 0. The Kier molecular flexibility index (Phi) is 7.40. The normalized spacial score (nSPS) is 16.6. The van der Waals surface area contributed by atoms with Gasteiger partial charge in [-0.15, -0.1) is 11.3 Å². The van der Waals surface area contributed by atoms with Crippen LogP contribution in [-0.4, -0.2) is 57.1 Å². The molecule has 0 aliphatic heterocycles. The summed E-state index contributed by atoms with van der Waals surface area (Å²) >= 11 is 1.52. The van der Waals surface area contributed by atoms with Gasteiger partial charge in [-0.05, 0) is 51.8 Å². The van der Waals surface area contributed by atoms with Gasteiger partial charge in [0.25, 0.3) is 0 Å². The lowest BCUT2D eigenvalue weighted by molar-refractivity contribution is -0.115. The Morgan fingerprint density at radius 2 is 2.12 bits per heavy atom. The fourth-order valence-corrected chi connectivity index (χ4v) is 4.35. The summed E-state index contributed by atoms with van der Waals surface area (Å²) < 4.78 is 5.22. The molecule has 0 aromatic carbocycles. The van der Waals surface area contributed by atoms with Crippen molar-refractivity contribution in [1.29, 1.82) is 0 Å². The van der Waals surface area contributed by atoms with Crippen LogP contribution in [0.15, 0.2) is 0 Å². The zero-order chi connectivity index (χ0) is 18.4. The summed E-state index contributed by atoms with van der Waals surface area (Å²) in [6.07, 6.45) is 2.90. The number of anilines is 1. The molecule has 0 bridgehead atoms. The second-order valence-corrected chi connectivity index (χ2v) is 7.91. The molecular formula is C18H29N3O3S. The monoisotopic (exact) mass is 367 g/mol. The van der Waals surface area contributed by atoms with Crippen molar-refractivity contribution < 1.29 is 14.3 Å². The number of nitrogens with one attached hydrogen (secondary N) is 2. The Hall–Kier alpha value is -1.44. The van der Waals surface area contributed by atoms with Crippen LogP contribution in [0.25, 0.3) is 0 Å². The molecule has 0 saturated heterocycles. The number of carbonyl (C=O) groups is 2. The van der Waals surface area contributed by atoms with Crippen molar-refractivity contribution in [1.82, 2.24) is 10.2 Å². The predicted molar refractivity (Wildman–Crippen MR) is 102 cm³/mol. The van der Waals surface area contributed by atoms with Gasteiger partial charge in [-0.25, -0.2) is 4.79 Å². The minimum absolute atomic E-state index is 0.129. The van der Waals surface area contributed by atoms with E-state index in [9.17, 15) is 9.59 Å². The van der Waals surface area contributed by atoms with Gasteiger partial charge in [0.15, 0.2) is 0 Å². The predicted octanol–water partition coefficient (Wildman–Crippen LogP) is 2.14. The van der Waals surface area contributed by atoms with E-state index in [1.165, 1.54) is 16.2 Å². The number of fused-ring (bicyclic) bond motifs is 1. The number of hydrogen-bond acceptors (Lipinski definition) is 6. The molecule has 1 heterocycles. The van der Waals surface area contributed by atoms with E-state index in [0.29, 0.717) is 23.1 Å². The van der Waals surface area contributed by atoms with E-state index in [1.54, 1.807) is 6.92 Å². The molecular weight excluding hydrogens is 338 g/mol. The first-order valence-electron chi connectivity index (χ1n) is 8.89. The maximum absolute atomic E-state index is 12.4. The third kappa shape index (κ3) is 5.52. The molecule has 0 spiro atoms. The fourth-order valence-electron chi connectivity index (χ4n) is 2.93. The first-order valence-corrected chi connectivity index (χ1v) is 9.71. The number of thiophene rings is 1. The number of hydrogen-bond donors (Lipinski definition) is 2. The number of carbonyl (C=O) groups excluding carboxylic acids is 2. The summed E-state index contributed by atoms with van der Waals surface area (Å²) in [5, 5.41) is 6.66. The number of amides is 1. The van der Waals surface area contributed by atoms with E-state index >= 15 is 0 Å². The number of likely N-dealkylation sites (N-methyl/N-ethyl adjacent to an activating group) is 1. The lowest BCUT2D eigenvalue weighted by Gasteiger charge is -2.18. The number of rotatable bonds is 8. The number of ether oxygens (including phenoxy) is 1. The second-order valence-electron chi connectivity index (χ2n) is 6.80. The van der Waals surface area contributed by atoms with Gasteiger partial charge in [-0.2, -0.15) is 0 Å². The highest BCUT2D eigenvalue weighted by atomic mass is 32.1. The molecule has 6 nitrogen and oxygen atoms in total. The fraction of sp³-hybridized carbons (Fsp3) is 0.667. The van der Waals surface area contributed by atoms with E-state index in [4.69, 9.17) is 4.74 Å². The maximum Gasteiger partial charge on any atom is 0.341 e. The third-order valence-corrected chi connectivity index (χ3v) is 5.44. The van der Waals surface area contributed by atoms with E-state index in [-0.39, 0.29) is 18.4 Å². The molecule has 2 rings (SSSR count). The van der Waals surface area contributed by atoms with Crippen molar-refractivity contribution in [2.45, 2.75) is 33.1 Å². The van der Waals surface area contributed by atoms with Gasteiger partial charge >= 0.3 is 5.97 Å². The molecule has 1 atom stereocenters. The minimum atomic E-state index is -0.328. The quantitative estimate of drug-likeness (QED) is 0.544. The maximum atomic E-state index is 12.4. The average Bonchev–Trinajstić information content (AvgIpc) is 2.88. The van der Waals surface area contributed by atoms with Gasteiger partial charge in [0.1, 0.15) is 5.00 Å². The van der Waals surface area contributed by atoms with Crippen LogP contribution in [0, 0.1) is 5.92 Å². The Morgan fingerprint density at radius 3 is 2.80 bits per heavy atom. The van der Waals surface area contributed by atoms with E-state index in [0.717, 1.165) is 37.9 Å². The molecule has 140 valence electrons. The lowest BCUT2D eigenvalue weighted by atomic mass is 9.88. The van der Waals surface area contributed by atoms with Gasteiger partial charge in [0.2, 0.25) is 5.91 Å². The largest absolute Gasteiger partial charge is 0.462 e. The second kappa shape index (κ2) is 9.31. The summed E-state index contributed by atoms with van der Waals surface area (Å²) in [5.74, 6) is 0.152. The highest BCUT2D eigenvalue weighted by molar-refractivity contribution is 7.17. The Morgan fingerprint density at radius 1 is 1.36 bits per heavy atom. The van der Waals surface area contributed by atoms with Crippen molar-refractivity contribution in [3.8, 4) is 0 Å². The van der Waals surface area contributed by atoms with Crippen LogP contribution in [0.1, 0.15) is 41.1 Å². The van der Waals surface area contributed by atoms with Crippen molar-refractivity contribution in [3.63, 3.8) is 0 Å². The van der Waals surface area contributed by atoms with Gasteiger partial charge in [-0.1, -0.05) is 6.92 Å². The van der Waals surface area contributed by atoms with Crippen LogP contribution in [0.2, 0.25) is 0 Å². The van der Waals surface area contributed by atoms with Gasteiger partial charge in [-0.3, -0.25) is 4.79 Å². The summed E-state index contributed by atoms with van der Waals surface area (Å²) in [7, 11) is 3.98. The van der Waals surface area contributed by atoms with Crippen LogP contribution >= 0.6 is 11.3 Å². The zero-order valence-electron chi connectivity index (χ0n) is 15.6. The number of nitrogens with zero attached hydrogens (tertiary/aromatic N) is 1. The summed E-state index contributed by atoms with van der Waals surface area (Å²) in [5.41, 5.74) is 1.63. The van der Waals surface area contributed by atoms with Crippen LogP contribution in [0.4, 0.5) is 5.00 Å². The summed E-state index contributed by atoms with van der Waals surface area (Å²) in [4.78, 5) is 27.9. The van der Waals surface area contributed by atoms with Gasteiger partial charge < -0.3 is 20.3 Å². The topological polar surface area (TPSA) is 70.7 Å². The van der Waals surface area contributed by atoms with E-state index < -0.39 is 0 Å². The standard InChI is InChI=1S/C18H29N3O3S/c1-5-24-18(23)16-13-7-6-12(2)10-14(13)25-17(16)20-15(22)11-19-8-9-21(3)4/h12,19H,5-11H2,1-4H3,(H,20,22). The van der Waals surface area contributed by atoms with Crippen molar-refractivity contribution in [2.24, 2.45) is 5.92 Å². The van der Waals surface area contributed by atoms with Crippen molar-refractivity contribution in [2.75, 3.05) is 45.7 Å². The molecule has 7 heteroatoms.